The minimum absolute atomic E-state index is 0.133. The first-order valence-electron chi connectivity index (χ1n) is 11.1. The average Bonchev–Trinajstić information content (AvgIpc) is 3.15. The molecule has 2 heterocycles. The van der Waals surface area contributed by atoms with E-state index in [9.17, 15) is 9.59 Å². The number of nitrogens with one attached hydrogen (secondary N) is 1. The van der Waals surface area contributed by atoms with Crippen molar-refractivity contribution in [2.75, 3.05) is 6.61 Å². The maximum atomic E-state index is 12.6. The molecule has 3 rings (SSSR count). The Morgan fingerprint density at radius 3 is 2.66 bits per heavy atom. The highest BCUT2D eigenvalue weighted by molar-refractivity contribution is 5.85. The van der Waals surface area contributed by atoms with Crippen molar-refractivity contribution in [1.82, 2.24) is 14.9 Å². The third kappa shape index (κ3) is 6.17. The Morgan fingerprint density at radius 1 is 1.28 bits per heavy atom. The molecular formula is C24H34N4O4. The van der Waals surface area contributed by atoms with Gasteiger partial charge in [-0.05, 0) is 39.7 Å². The minimum atomic E-state index is -1.03. The standard InChI is InChI=1S/C24H34N4O4/c1-16(2)32-22(29)18-10-11-28-19(12-18)13-26-21(28)20(27-23(30)24(3,4)25)15-31-14-17-8-6-5-7-9-17/h5-9,13,16,18,20H,10-12,14-15,25H2,1-4H3,(H,27,30)/t18?,20-/m1/s1. The average molecular weight is 443 g/mol. The number of carbonyl (C=O) groups is 2. The normalized spacial score (nSPS) is 17.0. The van der Waals surface area contributed by atoms with Crippen molar-refractivity contribution >= 4 is 11.9 Å². The van der Waals surface area contributed by atoms with Gasteiger partial charge in [-0.2, -0.15) is 0 Å². The Labute approximate surface area is 189 Å². The lowest BCUT2D eigenvalue weighted by molar-refractivity contribution is -0.153. The zero-order valence-corrected chi connectivity index (χ0v) is 19.3. The molecule has 0 saturated heterocycles. The largest absolute Gasteiger partial charge is 0.463 e. The number of amides is 1. The Morgan fingerprint density at radius 2 is 2.00 bits per heavy atom. The van der Waals surface area contributed by atoms with Crippen LogP contribution in [-0.4, -0.2) is 39.7 Å². The zero-order valence-electron chi connectivity index (χ0n) is 19.3. The molecule has 0 aliphatic carbocycles. The first-order valence-corrected chi connectivity index (χ1v) is 11.1. The SMILES string of the molecule is CC(C)OC(=O)C1CCn2c(cnc2[C@@H](COCc2ccccc2)NC(=O)C(C)(C)N)C1. The van der Waals surface area contributed by atoms with Gasteiger partial charge in [-0.3, -0.25) is 9.59 Å². The smallest absolute Gasteiger partial charge is 0.309 e. The van der Waals surface area contributed by atoms with Gasteiger partial charge in [-0.25, -0.2) is 4.98 Å². The van der Waals surface area contributed by atoms with Crippen molar-refractivity contribution in [2.45, 2.75) is 71.4 Å². The van der Waals surface area contributed by atoms with Crippen LogP contribution < -0.4 is 11.1 Å². The molecule has 8 heteroatoms. The van der Waals surface area contributed by atoms with Crippen LogP contribution in [0.3, 0.4) is 0 Å². The van der Waals surface area contributed by atoms with Crippen molar-refractivity contribution in [3.8, 4) is 0 Å². The van der Waals surface area contributed by atoms with Crippen molar-refractivity contribution in [2.24, 2.45) is 11.7 Å². The molecule has 1 aromatic heterocycles. The maximum absolute atomic E-state index is 12.6. The van der Waals surface area contributed by atoms with E-state index < -0.39 is 11.6 Å². The fourth-order valence-electron chi connectivity index (χ4n) is 3.69. The van der Waals surface area contributed by atoms with Gasteiger partial charge in [0.1, 0.15) is 11.9 Å². The van der Waals surface area contributed by atoms with Gasteiger partial charge in [0.15, 0.2) is 0 Å². The van der Waals surface area contributed by atoms with E-state index in [-0.39, 0.29) is 30.5 Å². The summed E-state index contributed by atoms with van der Waals surface area (Å²) in [4.78, 5) is 29.6. The molecule has 1 unspecified atom stereocenters. The Hall–Kier alpha value is -2.71. The highest BCUT2D eigenvalue weighted by Crippen LogP contribution is 2.26. The molecule has 0 saturated carbocycles. The van der Waals surface area contributed by atoms with E-state index in [4.69, 9.17) is 15.2 Å². The molecule has 0 radical (unpaired) electrons. The third-order valence-corrected chi connectivity index (χ3v) is 5.41. The van der Waals surface area contributed by atoms with Crippen LogP contribution in [0.2, 0.25) is 0 Å². The number of nitrogens with zero attached hydrogens (tertiary/aromatic N) is 2. The second-order valence-electron chi connectivity index (χ2n) is 9.18. The number of aromatic nitrogens is 2. The number of benzene rings is 1. The molecular weight excluding hydrogens is 408 g/mol. The summed E-state index contributed by atoms with van der Waals surface area (Å²) in [7, 11) is 0. The van der Waals surface area contributed by atoms with E-state index in [0.29, 0.717) is 31.8 Å². The van der Waals surface area contributed by atoms with Gasteiger partial charge >= 0.3 is 5.97 Å². The van der Waals surface area contributed by atoms with Crippen LogP contribution in [0, 0.1) is 5.92 Å². The lowest BCUT2D eigenvalue weighted by Gasteiger charge is -2.28. The Balaban J connectivity index is 1.74. The molecule has 2 atom stereocenters. The van der Waals surface area contributed by atoms with Crippen LogP contribution >= 0.6 is 0 Å². The van der Waals surface area contributed by atoms with Gasteiger partial charge in [0.05, 0.1) is 30.8 Å². The van der Waals surface area contributed by atoms with Gasteiger partial charge in [0.2, 0.25) is 5.91 Å². The molecule has 0 fully saturated rings. The molecule has 174 valence electrons. The summed E-state index contributed by atoms with van der Waals surface area (Å²) in [6.07, 6.45) is 2.86. The fourth-order valence-corrected chi connectivity index (χ4v) is 3.69. The Kier molecular flexibility index (Phi) is 7.69. The summed E-state index contributed by atoms with van der Waals surface area (Å²) in [5.74, 6) is 0.0772. The molecule has 1 aliphatic rings. The van der Waals surface area contributed by atoms with E-state index in [1.54, 1.807) is 20.0 Å². The second-order valence-corrected chi connectivity index (χ2v) is 9.18. The van der Waals surface area contributed by atoms with Gasteiger partial charge in [0, 0.05) is 24.9 Å². The van der Waals surface area contributed by atoms with E-state index in [1.807, 2.05) is 44.2 Å². The van der Waals surface area contributed by atoms with Crippen LogP contribution in [0.1, 0.15) is 57.2 Å². The number of fused-ring (bicyclic) bond motifs is 1. The van der Waals surface area contributed by atoms with Crippen molar-refractivity contribution < 1.29 is 19.1 Å². The minimum Gasteiger partial charge on any atom is -0.463 e. The van der Waals surface area contributed by atoms with E-state index >= 15 is 0 Å². The van der Waals surface area contributed by atoms with E-state index in [1.165, 1.54) is 0 Å². The number of hydrogen-bond donors (Lipinski definition) is 2. The summed E-state index contributed by atoms with van der Waals surface area (Å²) < 4.78 is 13.4. The molecule has 0 spiro atoms. The third-order valence-electron chi connectivity index (χ3n) is 5.41. The number of esters is 1. The van der Waals surface area contributed by atoms with Crippen LogP contribution in [-0.2, 0) is 38.6 Å². The molecule has 32 heavy (non-hydrogen) atoms. The summed E-state index contributed by atoms with van der Waals surface area (Å²) in [5, 5.41) is 2.99. The van der Waals surface area contributed by atoms with E-state index in [0.717, 1.165) is 11.3 Å². The van der Waals surface area contributed by atoms with Gasteiger partial charge in [0.25, 0.3) is 0 Å². The van der Waals surface area contributed by atoms with Crippen LogP contribution in [0.5, 0.6) is 0 Å². The quantitative estimate of drug-likeness (QED) is 0.578. The number of carbonyl (C=O) groups excluding carboxylic acids is 2. The maximum Gasteiger partial charge on any atom is 0.309 e. The molecule has 1 aliphatic heterocycles. The summed E-state index contributed by atoms with van der Waals surface area (Å²) >= 11 is 0. The predicted octanol–water partition coefficient (Wildman–Crippen LogP) is 2.51. The Bertz CT molecular complexity index is 918. The highest BCUT2D eigenvalue weighted by atomic mass is 16.5. The van der Waals surface area contributed by atoms with Crippen LogP contribution in [0.25, 0.3) is 0 Å². The van der Waals surface area contributed by atoms with Crippen molar-refractivity contribution in [1.29, 1.82) is 0 Å². The summed E-state index contributed by atoms with van der Waals surface area (Å²) in [6, 6.07) is 9.40. The summed E-state index contributed by atoms with van der Waals surface area (Å²) in [5.41, 5.74) is 6.97. The topological polar surface area (TPSA) is 108 Å². The van der Waals surface area contributed by atoms with Crippen LogP contribution in [0.4, 0.5) is 0 Å². The number of rotatable bonds is 9. The van der Waals surface area contributed by atoms with Gasteiger partial charge in [-0.1, -0.05) is 30.3 Å². The van der Waals surface area contributed by atoms with Crippen molar-refractivity contribution in [3.63, 3.8) is 0 Å². The molecule has 8 nitrogen and oxygen atoms in total. The zero-order chi connectivity index (χ0) is 23.3. The highest BCUT2D eigenvalue weighted by Gasteiger charge is 2.32. The number of imidazole rings is 1. The number of nitrogens with two attached hydrogens (primary N) is 1. The number of ether oxygens (including phenoxy) is 2. The second kappa shape index (κ2) is 10.3. The fraction of sp³-hybridized carbons (Fsp3) is 0.542. The van der Waals surface area contributed by atoms with Crippen molar-refractivity contribution in [3.05, 3.63) is 53.6 Å². The molecule has 1 aromatic carbocycles. The lowest BCUT2D eigenvalue weighted by atomic mass is 9.96. The summed E-state index contributed by atoms with van der Waals surface area (Å²) in [6.45, 7) is 8.34. The molecule has 2 aromatic rings. The van der Waals surface area contributed by atoms with E-state index in [2.05, 4.69) is 14.9 Å². The molecule has 0 bridgehead atoms. The molecule has 1 amide bonds. The van der Waals surface area contributed by atoms with Crippen LogP contribution in [0.15, 0.2) is 36.5 Å². The monoisotopic (exact) mass is 442 g/mol. The number of hydrogen-bond acceptors (Lipinski definition) is 6. The molecule has 3 N–H and O–H groups in total. The van der Waals surface area contributed by atoms with Gasteiger partial charge in [-0.15, -0.1) is 0 Å². The van der Waals surface area contributed by atoms with Gasteiger partial charge < -0.3 is 25.1 Å². The first-order chi connectivity index (χ1) is 15.1. The lowest BCUT2D eigenvalue weighted by Crippen LogP contribution is -2.51. The predicted molar refractivity (Wildman–Crippen MR) is 121 cm³/mol. The first kappa shape index (κ1) is 23.9.